The number of hydrogen-bond acceptors (Lipinski definition) is 3. The van der Waals surface area contributed by atoms with Gasteiger partial charge in [0.2, 0.25) is 0 Å². The van der Waals surface area contributed by atoms with Crippen LogP contribution in [-0.4, -0.2) is 21.3 Å². The molecule has 1 atom stereocenters. The molecule has 1 N–H and O–H groups in total. The zero-order valence-corrected chi connectivity index (χ0v) is 11.2. The Bertz CT molecular complexity index is 605. The number of benzene rings is 1. The second kappa shape index (κ2) is 4.74. The van der Waals surface area contributed by atoms with Gasteiger partial charge in [0.25, 0.3) is 0 Å². The molecule has 19 heavy (non-hydrogen) atoms. The lowest BCUT2D eigenvalue weighted by molar-refractivity contribution is 0.407. The Hall–Kier alpha value is -1.75. The fourth-order valence-corrected chi connectivity index (χ4v) is 2.56. The molecule has 0 amide bonds. The Morgan fingerprint density at radius 2 is 2.26 bits per heavy atom. The van der Waals surface area contributed by atoms with Crippen LogP contribution in [0.2, 0.25) is 0 Å². The van der Waals surface area contributed by atoms with Crippen molar-refractivity contribution in [3.63, 3.8) is 0 Å². The number of rotatable bonds is 2. The summed E-state index contributed by atoms with van der Waals surface area (Å²) >= 11 is 0. The molecule has 0 saturated carbocycles. The summed E-state index contributed by atoms with van der Waals surface area (Å²) in [5.41, 5.74) is 1.44. The van der Waals surface area contributed by atoms with Crippen molar-refractivity contribution in [2.75, 3.05) is 6.54 Å². The van der Waals surface area contributed by atoms with Crippen LogP contribution >= 0.6 is 0 Å². The lowest BCUT2D eigenvalue weighted by Gasteiger charge is -2.24. The van der Waals surface area contributed by atoms with E-state index in [1.807, 2.05) is 17.6 Å². The molecule has 1 aromatic carbocycles. The van der Waals surface area contributed by atoms with Gasteiger partial charge in [-0.1, -0.05) is 13.0 Å². The predicted octanol–water partition coefficient (Wildman–Crippen LogP) is 2.45. The quantitative estimate of drug-likeness (QED) is 0.902. The highest BCUT2D eigenvalue weighted by Gasteiger charge is 2.24. The Balaban J connectivity index is 2.09. The highest BCUT2D eigenvalue weighted by molar-refractivity contribution is 5.57. The minimum absolute atomic E-state index is 0.212. The maximum Gasteiger partial charge on any atom is 0.167 e. The Kier molecular flexibility index (Phi) is 3.06. The SMILES string of the molecule is CCC1NCCn2c(-c3ccc(C)cc3F)nnc21. The molecule has 3 rings (SSSR count). The van der Waals surface area contributed by atoms with E-state index >= 15 is 0 Å². The van der Waals surface area contributed by atoms with Crippen LogP contribution in [0.15, 0.2) is 18.2 Å². The molecule has 0 radical (unpaired) electrons. The standard InChI is InChI=1S/C14H17FN4/c1-3-12-14-18-17-13(19(14)7-6-16-12)10-5-4-9(2)8-11(10)15/h4-5,8,12,16H,3,6-7H2,1-2H3. The van der Waals surface area contributed by atoms with Gasteiger partial charge in [0, 0.05) is 13.1 Å². The van der Waals surface area contributed by atoms with Gasteiger partial charge in [-0.2, -0.15) is 0 Å². The first kappa shape index (κ1) is 12.3. The molecule has 100 valence electrons. The molecular weight excluding hydrogens is 243 g/mol. The molecule has 0 saturated heterocycles. The van der Waals surface area contributed by atoms with E-state index in [1.54, 1.807) is 6.07 Å². The van der Waals surface area contributed by atoms with Gasteiger partial charge in [0.15, 0.2) is 11.6 Å². The topological polar surface area (TPSA) is 42.7 Å². The van der Waals surface area contributed by atoms with Crippen LogP contribution < -0.4 is 5.32 Å². The van der Waals surface area contributed by atoms with Gasteiger partial charge >= 0.3 is 0 Å². The number of aryl methyl sites for hydroxylation is 1. The van der Waals surface area contributed by atoms with E-state index in [1.165, 1.54) is 6.07 Å². The molecule has 1 aromatic heterocycles. The van der Waals surface area contributed by atoms with Crippen LogP contribution in [0.4, 0.5) is 4.39 Å². The lowest BCUT2D eigenvalue weighted by Crippen LogP contribution is -2.33. The van der Waals surface area contributed by atoms with E-state index in [0.29, 0.717) is 11.4 Å². The number of halogens is 1. The maximum atomic E-state index is 14.1. The van der Waals surface area contributed by atoms with Crippen molar-refractivity contribution >= 4 is 0 Å². The first-order valence-electron chi connectivity index (χ1n) is 6.63. The fourth-order valence-electron chi connectivity index (χ4n) is 2.56. The smallest absolute Gasteiger partial charge is 0.167 e. The number of aromatic nitrogens is 3. The first-order chi connectivity index (χ1) is 9.20. The predicted molar refractivity (Wildman–Crippen MR) is 71.2 cm³/mol. The molecule has 1 unspecified atom stereocenters. The zero-order valence-electron chi connectivity index (χ0n) is 11.2. The van der Waals surface area contributed by atoms with Crippen LogP contribution in [0.1, 0.15) is 30.8 Å². The van der Waals surface area contributed by atoms with Gasteiger partial charge in [0.05, 0.1) is 11.6 Å². The third-order valence-corrected chi connectivity index (χ3v) is 3.59. The summed E-state index contributed by atoms with van der Waals surface area (Å²) in [5.74, 6) is 1.30. The van der Waals surface area contributed by atoms with Crippen molar-refractivity contribution in [2.24, 2.45) is 0 Å². The minimum Gasteiger partial charge on any atom is -0.308 e. The van der Waals surface area contributed by atoms with E-state index < -0.39 is 0 Å². The summed E-state index contributed by atoms with van der Waals surface area (Å²) in [7, 11) is 0. The third kappa shape index (κ3) is 2.04. The molecule has 0 aliphatic carbocycles. The van der Waals surface area contributed by atoms with Crippen LogP contribution in [0.5, 0.6) is 0 Å². The maximum absolute atomic E-state index is 14.1. The monoisotopic (exact) mass is 260 g/mol. The summed E-state index contributed by atoms with van der Waals surface area (Å²) < 4.78 is 16.1. The van der Waals surface area contributed by atoms with Crippen LogP contribution in [0.25, 0.3) is 11.4 Å². The second-order valence-corrected chi connectivity index (χ2v) is 4.93. The van der Waals surface area contributed by atoms with Crippen molar-refractivity contribution < 1.29 is 4.39 Å². The Morgan fingerprint density at radius 1 is 1.42 bits per heavy atom. The second-order valence-electron chi connectivity index (χ2n) is 4.93. The van der Waals surface area contributed by atoms with Gasteiger partial charge in [0.1, 0.15) is 5.82 Å². The van der Waals surface area contributed by atoms with Crippen molar-refractivity contribution in [3.05, 3.63) is 35.4 Å². The number of hydrogen-bond donors (Lipinski definition) is 1. The van der Waals surface area contributed by atoms with E-state index in [0.717, 1.165) is 30.9 Å². The van der Waals surface area contributed by atoms with Gasteiger partial charge in [-0.25, -0.2) is 4.39 Å². The number of nitrogens with one attached hydrogen (secondary N) is 1. The van der Waals surface area contributed by atoms with Crippen LogP contribution in [0, 0.1) is 12.7 Å². The highest BCUT2D eigenvalue weighted by atomic mass is 19.1. The Labute approximate surface area is 111 Å². The zero-order chi connectivity index (χ0) is 13.4. The van der Waals surface area contributed by atoms with Crippen LogP contribution in [-0.2, 0) is 6.54 Å². The van der Waals surface area contributed by atoms with Gasteiger partial charge in [-0.3, -0.25) is 0 Å². The van der Waals surface area contributed by atoms with Crippen molar-refractivity contribution in [3.8, 4) is 11.4 Å². The van der Waals surface area contributed by atoms with Gasteiger partial charge < -0.3 is 9.88 Å². The molecule has 1 aliphatic heterocycles. The van der Waals surface area contributed by atoms with Crippen molar-refractivity contribution in [1.29, 1.82) is 0 Å². The summed E-state index contributed by atoms with van der Waals surface area (Å²) in [5, 5.41) is 11.8. The lowest BCUT2D eigenvalue weighted by atomic mass is 10.1. The van der Waals surface area contributed by atoms with E-state index in [2.05, 4.69) is 22.4 Å². The molecule has 0 spiro atoms. The molecule has 0 fully saturated rings. The van der Waals surface area contributed by atoms with E-state index in [9.17, 15) is 4.39 Å². The molecule has 1 aliphatic rings. The molecule has 2 heterocycles. The average Bonchev–Trinajstić information content (AvgIpc) is 2.82. The summed E-state index contributed by atoms with van der Waals surface area (Å²) in [4.78, 5) is 0. The van der Waals surface area contributed by atoms with E-state index in [-0.39, 0.29) is 11.9 Å². The highest BCUT2D eigenvalue weighted by Crippen LogP contribution is 2.27. The van der Waals surface area contributed by atoms with Crippen LogP contribution in [0.3, 0.4) is 0 Å². The molecule has 5 heteroatoms. The Morgan fingerprint density at radius 3 is 3.00 bits per heavy atom. The largest absolute Gasteiger partial charge is 0.308 e. The molecular formula is C14H17FN4. The van der Waals surface area contributed by atoms with Gasteiger partial charge in [-0.05, 0) is 31.0 Å². The normalized spacial score (nSPS) is 18.4. The fraction of sp³-hybridized carbons (Fsp3) is 0.429. The molecule has 2 aromatic rings. The molecule has 0 bridgehead atoms. The summed E-state index contributed by atoms with van der Waals surface area (Å²) in [6.45, 7) is 5.63. The number of fused-ring (bicyclic) bond motifs is 1. The summed E-state index contributed by atoms with van der Waals surface area (Å²) in [6, 6.07) is 5.43. The van der Waals surface area contributed by atoms with Gasteiger partial charge in [-0.15, -0.1) is 10.2 Å². The third-order valence-electron chi connectivity index (χ3n) is 3.59. The first-order valence-corrected chi connectivity index (χ1v) is 6.63. The van der Waals surface area contributed by atoms with E-state index in [4.69, 9.17) is 0 Å². The summed E-state index contributed by atoms with van der Waals surface area (Å²) in [6.07, 6.45) is 0.953. The van der Waals surface area contributed by atoms with Crippen molar-refractivity contribution in [2.45, 2.75) is 32.9 Å². The molecule has 4 nitrogen and oxygen atoms in total. The average molecular weight is 260 g/mol. The van der Waals surface area contributed by atoms with Crippen molar-refractivity contribution in [1.82, 2.24) is 20.1 Å². The number of nitrogens with zero attached hydrogens (tertiary/aromatic N) is 3. The minimum atomic E-state index is -0.234.